The van der Waals surface area contributed by atoms with E-state index >= 15 is 0 Å². The van der Waals surface area contributed by atoms with Crippen LogP contribution >= 0.6 is 0 Å². The maximum atomic E-state index is 9.88. The number of aliphatic hydroxyl groups is 1. The Bertz CT molecular complexity index is 339. The van der Waals surface area contributed by atoms with Crippen molar-refractivity contribution in [2.75, 3.05) is 39.3 Å². The monoisotopic (exact) mass is 264 g/mol. The Kier molecular flexibility index (Phi) is 6.14. The number of benzene rings is 1. The maximum Gasteiger partial charge on any atom is 0.119 e. The molecule has 1 saturated heterocycles. The minimum Gasteiger partial charge on any atom is -0.492 e. The van der Waals surface area contributed by atoms with Gasteiger partial charge in [0.15, 0.2) is 0 Å². The molecule has 0 aliphatic carbocycles. The summed E-state index contributed by atoms with van der Waals surface area (Å²) >= 11 is 0. The first-order valence-corrected chi connectivity index (χ1v) is 7.13. The molecule has 4 heteroatoms. The molecule has 1 heterocycles. The van der Waals surface area contributed by atoms with Crippen molar-refractivity contribution in [1.29, 1.82) is 0 Å². The van der Waals surface area contributed by atoms with E-state index < -0.39 is 0 Å². The van der Waals surface area contributed by atoms with Crippen molar-refractivity contribution in [2.45, 2.75) is 18.9 Å². The number of likely N-dealkylation sites (tertiary alicyclic amines) is 1. The molecule has 0 amide bonds. The fourth-order valence-corrected chi connectivity index (χ4v) is 2.35. The van der Waals surface area contributed by atoms with Gasteiger partial charge in [0.25, 0.3) is 0 Å². The van der Waals surface area contributed by atoms with Gasteiger partial charge in [-0.25, -0.2) is 0 Å². The molecule has 1 fully saturated rings. The summed E-state index contributed by atoms with van der Waals surface area (Å²) < 4.78 is 5.57. The fourth-order valence-electron chi connectivity index (χ4n) is 2.35. The highest BCUT2D eigenvalue weighted by Crippen LogP contribution is 2.08. The van der Waals surface area contributed by atoms with Gasteiger partial charge in [-0.15, -0.1) is 0 Å². The summed E-state index contributed by atoms with van der Waals surface area (Å²) in [5.41, 5.74) is 0. The number of hydrogen-bond acceptors (Lipinski definition) is 4. The van der Waals surface area contributed by atoms with Crippen LogP contribution in [0.15, 0.2) is 30.3 Å². The smallest absolute Gasteiger partial charge is 0.119 e. The maximum absolute atomic E-state index is 9.88. The number of hydrogen-bond donors (Lipinski definition) is 2. The van der Waals surface area contributed by atoms with Crippen molar-refractivity contribution >= 4 is 0 Å². The van der Waals surface area contributed by atoms with Crippen LogP contribution in [0.3, 0.4) is 0 Å². The third kappa shape index (κ3) is 5.59. The number of nitrogens with zero attached hydrogens (tertiary/aromatic N) is 1. The van der Waals surface area contributed by atoms with Gasteiger partial charge in [-0.2, -0.15) is 0 Å². The molecule has 1 aromatic rings. The Balaban J connectivity index is 1.49. The molecule has 0 bridgehead atoms. The topological polar surface area (TPSA) is 44.7 Å². The predicted octanol–water partition coefficient (Wildman–Crippen LogP) is 1.11. The van der Waals surface area contributed by atoms with Crippen molar-refractivity contribution in [3.05, 3.63) is 30.3 Å². The van der Waals surface area contributed by atoms with Gasteiger partial charge in [-0.3, -0.25) is 0 Å². The zero-order valence-electron chi connectivity index (χ0n) is 11.4. The molecule has 4 nitrogen and oxygen atoms in total. The summed E-state index contributed by atoms with van der Waals surface area (Å²) in [7, 11) is 0. The van der Waals surface area contributed by atoms with Gasteiger partial charge in [-0.1, -0.05) is 18.2 Å². The summed E-state index contributed by atoms with van der Waals surface area (Å²) in [6, 6.07) is 9.79. The zero-order chi connectivity index (χ0) is 13.3. The highest BCUT2D eigenvalue weighted by Gasteiger charge is 2.15. The largest absolute Gasteiger partial charge is 0.492 e. The number of aliphatic hydroxyl groups excluding tert-OH is 1. The zero-order valence-corrected chi connectivity index (χ0v) is 11.4. The van der Waals surface area contributed by atoms with Crippen LogP contribution < -0.4 is 10.1 Å². The van der Waals surface area contributed by atoms with Gasteiger partial charge in [0.1, 0.15) is 12.4 Å². The van der Waals surface area contributed by atoms with Crippen molar-refractivity contribution < 1.29 is 9.84 Å². The van der Waals surface area contributed by atoms with Gasteiger partial charge in [-0.05, 0) is 38.1 Å². The Hall–Kier alpha value is -1.10. The molecule has 2 N–H and O–H groups in total. The molecule has 0 aromatic heterocycles. The molecule has 19 heavy (non-hydrogen) atoms. The average molecular weight is 264 g/mol. The highest BCUT2D eigenvalue weighted by atomic mass is 16.5. The minimum atomic E-state index is -0.283. The summed E-state index contributed by atoms with van der Waals surface area (Å²) in [6.45, 7) is 5.07. The Labute approximate surface area is 115 Å². The third-order valence-electron chi connectivity index (χ3n) is 3.34. The number of β-amino-alcohol motifs (C(OH)–C–C–N with tert-alkyl or cyclic N) is 1. The van der Waals surface area contributed by atoms with Crippen molar-refractivity contribution in [2.24, 2.45) is 0 Å². The van der Waals surface area contributed by atoms with Crippen LogP contribution in [0.1, 0.15) is 12.8 Å². The lowest BCUT2D eigenvalue weighted by molar-refractivity contribution is 0.122. The molecule has 1 aliphatic heterocycles. The number of para-hydroxylation sites is 1. The van der Waals surface area contributed by atoms with Gasteiger partial charge in [0, 0.05) is 19.6 Å². The van der Waals surface area contributed by atoms with Crippen LogP contribution in [-0.4, -0.2) is 55.4 Å². The summed E-state index contributed by atoms with van der Waals surface area (Å²) in [5.74, 6) is 0.891. The van der Waals surface area contributed by atoms with Gasteiger partial charge in [0.05, 0.1) is 6.10 Å². The van der Waals surface area contributed by atoms with E-state index in [-0.39, 0.29) is 6.10 Å². The van der Waals surface area contributed by atoms with E-state index in [0.717, 1.165) is 31.9 Å². The van der Waals surface area contributed by atoms with E-state index in [1.165, 1.54) is 12.8 Å². The second-order valence-corrected chi connectivity index (χ2v) is 5.03. The molecular formula is C15H24N2O2. The highest BCUT2D eigenvalue weighted by molar-refractivity contribution is 5.20. The van der Waals surface area contributed by atoms with E-state index in [1.54, 1.807) is 0 Å². The molecule has 1 aliphatic rings. The van der Waals surface area contributed by atoms with Crippen molar-refractivity contribution in [3.63, 3.8) is 0 Å². The first-order valence-electron chi connectivity index (χ1n) is 7.13. The molecular weight excluding hydrogens is 240 g/mol. The molecule has 106 valence electrons. The SMILES string of the molecule is OC(CNCCOc1ccccc1)CN1CCCC1. The normalized spacial score (nSPS) is 17.5. The quantitative estimate of drug-likeness (QED) is 0.691. The first kappa shape index (κ1) is 14.3. The lowest BCUT2D eigenvalue weighted by Crippen LogP contribution is -2.38. The van der Waals surface area contributed by atoms with E-state index in [9.17, 15) is 5.11 Å². The van der Waals surface area contributed by atoms with Crippen molar-refractivity contribution in [3.8, 4) is 5.75 Å². The average Bonchev–Trinajstić information content (AvgIpc) is 2.92. The van der Waals surface area contributed by atoms with Crippen LogP contribution in [0.25, 0.3) is 0 Å². The lowest BCUT2D eigenvalue weighted by atomic mass is 10.3. The summed E-state index contributed by atoms with van der Waals surface area (Å²) in [5, 5.41) is 13.1. The minimum absolute atomic E-state index is 0.283. The Morgan fingerprint density at radius 2 is 1.95 bits per heavy atom. The lowest BCUT2D eigenvalue weighted by Gasteiger charge is -2.19. The van der Waals surface area contributed by atoms with Gasteiger partial charge < -0.3 is 20.1 Å². The molecule has 1 aromatic carbocycles. The van der Waals surface area contributed by atoms with Gasteiger partial charge >= 0.3 is 0 Å². The van der Waals surface area contributed by atoms with Crippen LogP contribution in [0, 0.1) is 0 Å². The van der Waals surface area contributed by atoms with E-state index in [4.69, 9.17) is 4.74 Å². The van der Waals surface area contributed by atoms with E-state index in [0.29, 0.717) is 13.2 Å². The van der Waals surface area contributed by atoms with Crippen LogP contribution in [0.4, 0.5) is 0 Å². The summed E-state index contributed by atoms with van der Waals surface area (Å²) in [4.78, 5) is 2.33. The summed E-state index contributed by atoms with van der Waals surface area (Å²) in [6.07, 6.45) is 2.26. The number of ether oxygens (including phenoxy) is 1. The second-order valence-electron chi connectivity index (χ2n) is 5.03. The van der Waals surface area contributed by atoms with Crippen LogP contribution in [-0.2, 0) is 0 Å². The van der Waals surface area contributed by atoms with Crippen LogP contribution in [0.5, 0.6) is 5.75 Å². The fraction of sp³-hybridized carbons (Fsp3) is 0.600. The number of nitrogens with one attached hydrogen (secondary N) is 1. The molecule has 0 radical (unpaired) electrons. The van der Waals surface area contributed by atoms with E-state index in [2.05, 4.69) is 10.2 Å². The van der Waals surface area contributed by atoms with Gasteiger partial charge in [0.2, 0.25) is 0 Å². The molecule has 1 unspecified atom stereocenters. The molecule has 0 saturated carbocycles. The molecule has 2 rings (SSSR count). The first-order chi connectivity index (χ1) is 9.34. The van der Waals surface area contributed by atoms with Crippen molar-refractivity contribution in [1.82, 2.24) is 10.2 Å². The second kappa shape index (κ2) is 8.15. The molecule has 1 atom stereocenters. The standard InChI is InChI=1S/C15H24N2O2/c18-14(13-17-9-4-5-10-17)12-16-8-11-19-15-6-2-1-3-7-15/h1-3,6-7,14,16,18H,4-5,8-13H2. The third-order valence-corrected chi connectivity index (χ3v) is 3.34. The molecule has 0 spiro atoms. The Morgan fingerprint density at radius 1 is 1.21 bits per heavy atom. The predicted molar refractivity (Wildman–Crippen MR) is 76.5 cm³/mol. The van der Waals surface area contributed by atoms with Crippen LogP contribution in [0.2, 0.25) is 0 Å². The number of rotatable bonds is 8. The Morgan fingerprint density at radius 3 is 2.68 bits per heavy atom. The van der Waals surface area contributed by atoms with E-state index in [1.807, 2.05) is 30.3 Å².